The maximum atomic E-state index is 13.7. The van der Waals surface area contributed by atoms with Crippen LogP contribution in [-0.4, -0.2) is 65.5 Å². The van der Waals surface area contributed by atoms with E-state index in [0.29, 0.717) is 13.0 Å². The molecule has 1 saturated heterocycles. The van der Waals surface area contributed by atoms with Crippen molar-refractivity contribution in [3.05, 3.63) is 72.4 Å². The molecule has 1 aliphatic carbocycles. The summed E-state index contributed by atoms with van der Waals surface area (Å²) in [6, 6.07) is 6.18. The van der Waals surface area contributed by atoms with Crippen LogP contribution in [0.25, 0.3) is 0 Å². The Labute approximate surface area is 241 Å². The van der Waals surface area contributed by atoms with E-state index in [4.69, 9.17) is 5.73 Å². The zero-order valence-electron chi connectivity index (χ0n) is 24.1. The Bertz CT molecular complexity index is 1240. The Hall–Kier alpha value is -4.05. The van der Waals surface area contributed by atoms with Crippen LogP contribution in [-0.2, 0) is 30.5 Å². The molecule has 10 heteroatoms. The number of allylic oxidation sites excluding steroid dienone is 1. The average Bonchev–Trinajstić information content (AvgIpc) is 3.37. The fourth-order valence-corrected chi connectivity index (χ4v) is 5.24. The normalized spacial score (nSPS) is 20.8. The smallest absolute Gasteiger partial charge is 0.290 e. The number of hydrogen-bond acceptors (Lipinski definition) is 6. The largest absolute Gasteiger partial charge is 0.350 e. The molecule has 3 rings (SSSR count). The molecule has 0 bridgehead atoms. The third-order valence-electron chi connectivity index (χ3n) is 8.26. The second-order valence-corrected chi connectivity index (χ2v) is 10.9. The number of Topliss-reactive ketones (excluding diaryl/α,β-unsaturated/α-hetero) is 1. The molecule has 2 aliphatic rings. The summed E-state index contributed by atoms with van der Waals surface area (Å²) in [6.45, 7) is 13.2. The van der Waals surface area contributed by atoms with Crippen molar-refractivity contribution >= 4 is 29.4 Å². The van der Waals surface area contributed by atoms with Gasteiger partial charge in [-0.1, -0.05) is 67.1 Å². The van der Waals surface area contributed by atoms with E-state index in [2.05, 4.69) is 35.2 Å². The summed E-state index contributed by atoms with van der Waals surface area (Å²) in [4.78, 5) is 65.7. The standard InChI is InChI=1S/C31H41N5O5/c1-6-22-15-16-36(30(41)27(32)31(5,19(2)3)23-13-10-14-23)25(22)28(39)35-20(4)26(38)29(40)34-18-24(37)33-17-21-11-8-7-9-12-21/h6-9,11-13,20,22,25,27H,1-2,10,14-18,32H2,3-5H3,(H,33,37)(H,34,40)(H,35,39)/t20?,22-,25-,27+,31?/m0/s1. The molecule has 2 unspecified atom stereocenters. The van der Waals surface area contributed by atoms with Crippen molar-refractivity contribution in [2.75, 3.05) is 13.1 Å². The Morgan fingerprint density at radius 2 is 1.83 bits per heavy atom. The molecule has 1 heterocycles. The Kier molecular flexibility index (Phi) is 10.4. The summed E-state index contributed by atoms with van der Waals surface area (Å²) in [6.07, 6.45) is 5.94. The Balaban J connectivity index is 1.60. The SMILES string of the molecule is C=C[C@H]1CCN(C(=O)[C@@H](N)C(C)(C(=C)C)C2=CCC2)[C@@H]1C(=O)NC(C)C(=O)C(=O)NCC(=O)NCc1ccccc1. The highest BCUT2D eigenvalue weighted by atomic mass is 16.2. The Morgan fingerprint density at radius 3 is 2.39 bits per heavy atom. The van der Waals surface area contributed by atoms with Gasteiger partial charge in [-0.05, 0) is 38.7 Å². The highest BCUT2D eigenvalue weighted by Gasteiger charge is 2.48. The topological polar surface area (TPSA) is 151 Å². The molecule has 5 atom stereocenters. The summed E-state index contributed by atoms with van der Waals surface area (Å²) in [5.74, 6) is -3.69. The van der Waals surface area contributed by atoms with Crippen LogP contribution in [0.1, 0.15) is 45.6 Å². The summed E-state index contributed by atoms with van der Waals surface area (Å²) in [5, 5.41) is 7.52. The number of hydrogen-bond donors (Lipinski definition) is 4. The third-order valence-corrected chi connectivity index (χ3v) is 8.26. The van der Waals surface area contributed by atoms with E-state index in [1.807, 2.05) is 44.2 Å². The van der Waals surface area contributed by atoms with Crippen LogP contribution in [0.3, 0.4) is 0 Å². The van der Waals surface area contributed by atoms with Gasteiger partial charge >= 0.3 is 0 Å². The summed E-state index contributed by atoms with van der Waals surface area (Å²) in [7, 11) is 0. The number of rotatable bonds is 13. The predicted molar refractivity (Wildman–Crippen MR) is 156 cm³/mol. The van der Waals surface area contributed by atoms with Crippen molar-refractivity contribution in [2.24, 2.45) is 17.1 Å². The number of carbonyl (C=O) groups excluding carboxylic acids is 5. The van der Waals surface area contributed by atoms with Crippen molar-refractivity contribution in [1.82, 2.24) is 20.9 Å². The fraction of sp³-hybridized carbons (Fsp3) is 0.452. The maximum Gasteiger partial charge on any atom is 0.290 e. The van der Waals surface area contributed by atoms with E-state index in [1.54, 1.807) is 6.08 Å². The molecule has 1 aromatic rings. The second kappa shape index (κ2) is 13.5. The van der Waals surface area contributed by atoms with Gasteiger partial charge in [-0.15, -0.1) is 6.58 Å². The van der Waals surface area contributed by atoms with Gasteiger partial charge in [0.05, 0.1) is 18.6 Å². The number of nitrogens with two attached hydrogens (primary N) is 1. The van der Waals surface area contributed by atoms with E-state index in [-0.39, 0.29) is 18.4 Å². The highest BCUT2D eigenvalue weighted by Crippen LogP contribution is 2.44. The summed E-state index contributed by atoms with van der Waals surface area (Å²) in [5.41, 5.74) is 8.53. The second-order valence-electron chi connectivity index (χ2n) is 10.9. The lowest BCUT2D eigenvalue weighted by Crippen LogP contribution is -2.59. The van der Waals surface area contributed by atoms with Crippen LogP contribution in [0.5, 0.6) is 0 Å². The van der Waals surface area contributed by atoms with Gasteiger partial charge in [0.25, 0.3) is 5.91 Å². The highest BCUT2D eigenvalue weighted by molar-refractivity contribution is 6.38. The van der Waals surface area contributed by atoms with Gasteiger partial charge in [-0.25, -0.2) is 0 Å². The zero-order chi connectivity index (χ0) is 30.3. The van der Waals surface area contributed by atoms with Gasteiger partial charge in [0.1, 0.15) is 6.04 Å². The summed E-state index contributed by atoms with van der Waals surface area (Å²) >= 11 is 0. The Morgan fingerprint density at radius 1 is 1.17 bits per heavy atom. The van der Waals surface area contributed by atoms with Gasteiger partial charge < -0.3 is 26.6 Å². The molecule has 1 fully saturated rings. The first-order chi connectivity index (χ1) is 19.4. The molecule has 0 aromatic heterocycles. The number of likely N-dealkylation sites (tertiary alicyclic amines) is 1. The van der Waals surface area contributed by atoms with Crippen molar-refractivity contribution < 1.29 is 24.0 Å². The molecule has 220 valence electrons. The number of nitrogens with zero attached hydrogens (tertiary/aromatic N) is 1. The van der Waals surface area contributed by atoms with Gasteiger partial charge in [-0.2, -0.15) is 0 Å². The number of ketones is 1. The van der Waals surface area contributed by atoms with Crippen molar-refractivity contribution in [2.45, 2.75) is 64.7 Å². The molecule has 0 radical (unpaired) electrons. The minimum absolute atomic E-state index is 0.282. The van der Waals surface area contributed by atoms with E-state index < -0.39 is 53.6 Å². The van der Waals surface area contributed by atoms with Gasteiger partial charge in [0.15, 0.2) is 0 Å². The third kappa shape index (κ3) is 7.00. The molecule has 5 N–H and O–H groups in total. The maximum absolute atomic E-state index is 13.7. The molecule has 0 saturated carbocycles. The van der Waals surface area contributed by atoms with Crippen LogP contribution in [0.15, 0.2) is 66.8 Å². The molecule has 0 spiro atoms. The monoisotopic (exact) mass is 563 g/mol. The van der Waals surface area contributed by atoms with Gasteiger partial charge in [0, 0.05) is 24.4 Å². The number of carbonyl (C=O) groups is 5. The van der Waals surface area contributed by atoms with E-state index >= 15 is 0 Å². The average molecular weight is 564 g/mol. The van der Waals surface area contributed by atoms with Gasteiger partial charge in [0.2, 0.25) is 23.5 Å². The minimum atomic E-state index is -1.19. The lowest BCUT2D eigenvalue weighted by atomic mass is 9.66. The predicted octanol–water partition coefficient (Wildman–Crippen LogP) is 1.53. The van der Waals surface area contributed by atoms with Crippen molar-refractivity contribution in [3.8, 4) is 0 Å². The molecule has 1 aliphatic heterocycles. The van der Waals surface area contributed by atoms with Gasteiger partial charge in [-0.3, -0.25) is 24.0 Å². The van der Waals surface area contributed by atoms with Crippen LogP contribution >= 0.6 is 0 Å². The van der Waals surface area contributed by atoms with Crippen LogP contribution in [0.4, 0.5) is 0 Å². The van der Waals surface area contributed by atoms with E-state index in [9.17, 15) is 24.0 Å². The lowest BCUT2D eigenvalue weighted by Gasteiger charge is -2.42. The fourth-order valence-electron chi connectivity index (χ4n) is 5.24. The summed E-state index contributed by atoms with van der Waals surface area (Å²) < 4.78 is 0. The first kappa shape index (κ1) is 31.5. The molecule has 1 aromatic carbocycles. The first-order valence-electron chi connectivity index (χ1n) is 13.9. The number of benzene rings is 1. The molecular formula is C31H41N5O5. The number of amides is 4. The lowest BCUT2D eigenvalue weighted by molar-refractivity contribution is -0.143. The van der Waals surface area contributed by atoms with Crippen molar-refractivity contribution in [3.63, 3.8) is 0 Å². The molecule has 41 heavy (non-hydrogen) atoms. The van der Waals surface area contributed by atoms with E-state index in [1.165, 1.54) is 11.8 Å². The van der Waals surface area contributed by atoms with Crippen molar-refractivity contribution in [1.29, 1.82) is 0 Å². The molecule has 4 amide bonds. The van der Waals surface area contributed by atoms with Crippen LogP contribution in [0.2, 0.25) is 0 Å². The zero-order valence-corrected chi connectivity index (χ0v) is 24.1. The van der Waals surface area contributed by atoms with Crippen LogP contribution in [0, 0.1) is 11.3 Å². The minimum Gasteiger partial charge on any atom is -0.350 e. The quantitative estimate of drug-likeness (QED) is 0.211. The van der Waals surface area contributed by atoms with E-state index in [0.717, 1.165) is 29.6 Å². The first-order valence-corrected chi connectivity index (χ1v) is 13.9. The molecular weight excluding hydrogens is 522 g/mol. The number of nitrogens with one attached hydrogen (secondary N) is 3. The molecule has 10 nitrogen and oxygen atoms in total. The van der Waals surface area contributed by atoms with Crippen LogP contribution < -0.4 is 21.7 Å².